The number of hydrogen-bond donors (Lipinski definition) is 2. The normalized spacial score (nSPS) is 11.5. The molecule has 8 nitrogen and oxygen atoms in total. The van der Waals surface area contributed by atoms with Gasteiger partial charge in [-0.05, 0) is 72.5 Å². The molecule has 0 amide bonds. The van der Waals surface area contributed by atoms with Gasteiger partial charge >= 0.3 is 11.9 Å². The first-order chi connectivity index (χ1) is 21.5. The summed E-state index contributed by atoms with van der Waals surface area (Å²) < 4.78 is 17.3. The summed E-state index contributed by atoms with van der Waals surface area (Å²) in [6.07, 6.45) is 2.52. The van der Waals surface area contributed by atoms with E-state index in [2.05, 4.69) is 10.3 Å². The predicted octanol–water partition coefficient (Wildman–Crippen LogP) is 6.23. The molecule has 0 saturated heterocycles. The maximum Gasteiger partial charge on any atom is 0.339 e. The van der Waals surface area contributed by atoms with Crippen LogP contribution in [0, 0.1) is 0 Å². The fraction of sp³-hybridized carbons (Fsp3) is 0.194. The smallest absolute Gasteiger partial charge is 0.339 e. The molecule has 1 heterocycles. The van der Waals surface area contributed by atoms with Gasteiger partial charge in [0.1, 0.15) is 30.8 Å². The van der Waals surface area contributed by atoms with Crippen molar-refractivity contribution in [2.24, 2.45) is 0 Å². The summed E-state index contributed by atoms with van der Waals surface area (Å²) in [5.41, 5.74) is 3.96. The highest BCUT2D eigenvalue weighted by atomic mass is 16.5. The van der Waals surface area contributed by atoms with Gasteiger partial charge in [-0.1, -0.05) is 72.8 Å². The van der Waals surface area contributed by atoms with E-state index in [1.54, 1.807) is 30.5 Å². The van der Waals surface area contributed by atoms with Gasteiger partial charge in [-0.15, -0.1) is 0 Å². The van der Waals surface area contributed by atoms with Crippen molar-refractivity contribution >= 4 is 22.8 Å². The van der Waals surface area contributed by atoms with E-state index in [1.807, 2.05) is 84.9 Å². The van der Waals surface area contributed by atoms with E-state index < -0.39 is 18.0 Å². The van der Waals surface area contributed by atoms with Crippen molar-refractivity contribution < 1.29 is 28.9 Å². The van der Waals surface area contributed by atoms with E-state index in [0.29, 0.717) is 54.8 Å². The molecule has 0 radical (unpaired) electrons. The summed E-state index contributed by atoms with van der Waals surface area (Å²) in [5.74, 6) is -0.0251. The quantitative estimate of drug-likeness (QED) is 0.109. The lowest BCUT2D eigenvalue weighted by Crippen LogP contribution is -2.39. The van der Waals surface area contributed by atoms with Crippen LogP contribution in [-0.2, 0) is 29.2 Å². The number of carbonyl (C=O) groups excluding carboxylic acids is 1. The molecule has 0 bridgehead atoms. The molecular weight excluding hydrogens is 556 g/mol. The van der Waals surface area contributed by atoms with Crippen molar-refractivity contribution in [2.45, 2.75) is 32.1 Å². The Balaban J connectivity index is 1.08. The largest absolute Gasteiger partial charge is 0.494 e. The molecule has 0 spiro atoms. The minimum Gasteiger partial charge on any atom is -0.494 e. The fourth-order valence-electron chi connectivity index (χ4n) is 4.68. The second kappa shape index (κ2) is 15.3. The maximum atomic E-state index is 12.8. The second-order valence-electron chi connectivity index (χ2n) is 10.3. The van der Waals surface area contributed by atoms with Crippen LogP contribution >= 0.6 is 0 Å². The van der Waals surface area contributed by atoms with Crippen molar-refractivity contribution in [3.05, 3.63) is 138 Å². The zero-order valence-electron chi connectivity index (χ0n) is 24.2. The number of nitrogens with zero attached hydrogens (tertiary/aromatic N) is 1. The molecule has 0 fully saturated rings. The lowest BCUT2D eigenvalue weighted by Gasteiger charge is -2.15. The first-order valence-electron chi connectivity index (χ1n) is 14.5. The highest BCUT2D eigenvalue weighted by Gasteiger charge is 2.17. The van der Waals surface area contributed by atoms with Crippen molar-refractivity contribution in [2.75, 3.05) is 13.2 Å². The van der Waals surface area contributed by atoms with Crippen LogP contribution in [0.1, 0.15) is 33.5 Å². The summed E-state index contributed by atoms with van der Waals surface area (Å²) in [6, 6.07) is 33.2. The molecular formula is C36H34N2O6. The predicted molar refractivity (Wildman–Crippen MR) is 168 cm³/mol. The summed E-state index contributed by atoms with van der Waals surface area (Å²) in [6.45, 7) is 1.48. The van der Waals surface area contributed by atoms with Gasteiger partial charge in [-0.3, -0.25) is 9.78 Å². The van der Waals surface area contributed by atoms with Gasteiger partial charge in [-0.2, -0.15) is 0 Å². The number of carbonyl (C=O) groups is 2. The molecule has 4 aromatic carbocycles. The standard InChI is InChI=1S/C36H34N2O6/c39-35(40)34(22-26-12-14-29(15-13-26)43-24-27-8-3-1-4-9-27)37-19-7-21-42-30-16-17-33-32(23-30)31(18-20-38-33)36(41)44-25-28-10-5-2-6-11-28/h1-6,8-18,20,23,34,37H,7,19,21-22,24-25H2,(H,39,40). The zero-order chi connectivity index (χ0) is 30.6. The number of hydrogen-bond acceptors (Lipinski definition) is 7. The SMILES string of the molecule is O=C(OCc1ccccc1)c1ccnc2ccc(OCCCNC(Cc3ccc(OCc4ccccc4)cc3)C(=O)O)cc12. The van der Waals surface area contributed by atoms with Crippen molar-refractivity contribution in [3.63, 3.8) is 0 Å². The molecule has 5 aromatic rings. The van der Waals surface area contributed by atoms with Gasteiger partial charge < -0.3 is 24.6 Å². The van der Waals surface area contributed by atoms with E-state index in [0.717, 1.165) is 22.4 Å². The Labute approximate surface area is 256 Å². The number of rotatable bonds is 15. The Kier molecular flexibility index (Phi) is 10.5. The number of ether oxygens (including phenoxy) is 3. The van der Waals surface area contributed by atoms with Gasteiger partial charge in [-0.25, -0.2) is 4.79 Å². The monoisotopic (exact) mass is 590 g/mol. The molecule has 1 unspecified atom stereocenters. The number of pyridine rings is 1. The lowest BCUT2D eigenvalue weighted by molar-refractivity contribution is -0.139. The van der Waals surface area contributed by atoms with Crippen LogP contribution < -0.4 is 14.8 Å². The summed E-state index contributed by atoms with van der Waals surface area (Å²) in [4.78, 5) is 29.1. The number of benzene rings is 4. The average molecular weight is 591 g/mol. The first-order valence-corrected chi connectivity index (χ1v) is 14.5. The van der Waals surface area contributed by atoms with E-state index in [4.69, 9.17) is 14.2 Å². The number of aliphatic carboxylic acids is 1. The number of nitrogens with one attached hydrogen (secondary N) is 1. The van der Waals surface area contributed by atoms with Crippen LogP contribution in [0.5, 0.6) is 11.5 Å². The minimum atomic E-state index is -0.913. The third-order valence-electron chi connectivity index (χ3n) is 7.04. The Morgan fingerprint density at radius 1 is 0.750 bits per heavy atom. The summed E-state index contributed by atoms with van der Waals surface area (Å²) in [5, 5.41) is 13.5. The third kappa shape index (κ3) is 8.65. The number of carboxylic acid groups (broad SMARTS) is 1. The van der Waals surface area contributed by atoms with E-state index in [-0.39, 0.29) is 6.61 Å². The second-order valence-corrected chi connectivity index (χ2v) is 10.3. The Hall–Kier alpha value is -5.21. The third-order valence-corrected chi connectivity index (χ3v) is 7.04. The molecule has 0 saturated carbocycles. The van der Waals surface area contributed by atoms with Crippen LogP contribution in [0.25, 0.3) is 10.9 Å². The number of aromatic nitrogens is 1. The molecule has 0 aliphatic rings. The van der Waals surface area contributed by atoms with Crippen molar-refractivity contribution in [3.8, 4) is 11.5 Å². The van der Waals surface area contributed by atoms with E-state index in [1.165, 1.54) is 0 Å². The number of fused-ring (bicyclic) bond motifs is 1. The number of esters is 1. The molecule has 2 N–H and O–H groups in total. The Bertz CT molecular complexity index is 1660. The van der Waals surface area contributed by atoms with Crippen molar-refractivity contribution in [1.29, 1.82) is 0 Å². The number of carboxylic acids is 1. The van der Waals surface area contributed by atoms with E-state index >= 15 is 0 Å². The summed E-state index contributed by atoms with van der Waals surface area (Å²) >= 11 is 0. The maximum absolute atomic E-state index is 12.8. The zero-order valence-corrected chi connectivity index (χ0v) is 24.2. The van der Waals surface area contributed by atoms with Gasteiger partial charge in [0, 0.05) is 11.6 Å². The van der Waals surface area contributed by atoms with Crippen LogP contribution in [0.4, 0.5) is 0 Å². The summed E-state index contributed by atoms with van der Waals surface area (Å²) in [7, 11) is 0. The topological polar surface area (TPSA) is 107 Å². The molecule has 1 atom stereocenters. The molecule has 0 aliphatic carbocycles. The molecule has 1 aromatic heterocycles. The highest BCUT2D eigenvalue weighted by Crippen LogP contribution is 2.24. The van der Waals surface area contributed by atoms with Gasteiger partial charge in [0.2, 0.25) is 0 Å². The van der Waals surface area contributed by atoms with Crippen LogP contribution in [0.15, 0.2) is 115 Å². The van der Waals surface area contributed by atoms with Crippen LogP contribution in [0.3, 0.4) is 0 Å². The van der Waals surface area contributed by atoms with Gasteiger partial charge in [0.05, 0.1) is 17.7 Å². The lowest BCUT2D eigenvalue weighted by atomic mass is 10.1. The first kappa shape index (κ1) is 30.3. The molecule has 44 heavy (non-hydrogen) atoms. The van der Waals surface area contributed by atoms with Crippen LogP contribution in [0.2, 0.25) is 0 Å². The molecule has 224 valence electrons. The van der Waals surface area contributed by atoms with Crippen molar-refractivity contribution in [1.82, 2.24) is 10.3 Å². The molecule has 0 aliphatic heterocycles. The Morgan fingerprint density at radius 2 is 1.43 bits per heavy atom. The van der Waals surface area contributed by atoms with E-state index in [9.17, 15) is 14.7 Å². The fourth-order valence-corrected chi connectivity index (χ4v) is 4.68. The molecule has 8 heteroatoms. The Morgan fingerprint density at radius 3 is 2.14 bits per heavy atom. The molecule has 5 rings (SSSR count). The highest BCUT2D eigenvalue weighted by molar-refractivity contribution is 6.03. The van der Waals surface area contributed by atoms with Gasteiger partial charge in [0.15, 0.2) is 0 Å². The average Bonchev–Trinajstić information content (AvgIpc) is 3.06. The van der Waals surface area contributed by atoms with Crippen LogP contribution in [-0.4, -0.2) is 41.2 Å². The van der Waals surface area contributed by atoms with Gasteiger partial charge in [0.25, 0.3) is 0 Å². The minimum absolute atomic E-state index is 0.179.